The number of rotatable bonds is 7. The number of nitrogens with zero attached hydrogens (tertiary/aromatic N) is 2. The standard InChI is InChI=1S/C19H21BrN2O3S2/c1-3-8-21-14-7-6-12(20)11-13(14)15(17(21)23)16-18(24)22(19(26)27-16)9-5-10-25-4-2/h6-7,11H,3-5,8-10H2,1-2H3. The maximum atomic E-state index is 13.1. The lowest BCUT2D eigenvalue weighted by Gasteiger charge is -2.15. The minimum absolute atomic E-state index is 0.125. The molecule has 0 unspecified atom stereocenters. The molecular weight excluding hydrogens is 448 g/mol. The summed E-state index contributed by atoms with van der Waals surface area (Å²) in [6.07, 6.45) is 1.55. The number of amides is 2. The van der Waals surface area contributed by atoms with E-state index in [9.17, 15) is 9.59 Å². The highest BCUT2D eigenvalue weighted by Crippen LogP contribution is 2.45. The van der Waals surface area contributed by atoms with Crippen LogP contribution in [0.25, 0.3) is 5.57 Å². The largest absolute Gasteiger partial charge is 0.382 e. The molecule has 27 heavy (non-hydrogen) atoms. The summed E-state index contributed by atoms with van der Waals surface area (Å²) in [7, 11) is 0. The van der Waals surface area contributed by atoms with Gasteiger partial charge in [0.2, 0.25) is 0 Å². The average molecular weight is 469 g/mol. The third kappa shape index (κ3) is 3.99. The van der Waals surface area contributed by atoms with Crippen LogP contribution in [0.5, 0.6) is 0 Å². The Morgan fingerprint density at radius 2 is 1.93 bits per heavy atom. The van der Waals surface area contributed by atoms with Crippen molar-refractivity contribution in [1.29, 1.82) is 0 Å². The predicted octanol–water partition coefficient (Wildman–Crippen LogP) is 4.20. The molecule has 0 spiro atoms. The van der Waals surface area contributed by atoms with E-state index in [0.29, 0.717) is 47.5 Å². The number of fused-ring (bicyclic) bond motifs is 1. The second-order valence-electron chi connectivity index (χ2n) is 6.20. The zero-order chi connectivity index (χ0) is 19.6. The Balaban J connectivity index is 1.95. The van der Waals surface area contributed by atoms with E-state index in [1.807, 2.05) is 32.0 Å². The molecule has 0 aromatic heterocycles. The van der Waals surface area contributed by atoms with Gasteiger partial charge in [-0.1, -0.05) is 46.8 Å². The number of hydrogen-bond acceptors (Lipinski definition) is 5. The number of thiocarbonyl (C=S) groups is 1. The number of benzene rings is 1. The molecule has 8 heteroatoms. The molecule has 2 aliphatic rings. The van der Waals surface area contributed by atoms with Gasteiger partial charge < -0.3 is 9.64 Å². The van der Waals surface area contributed by atoms with Crippen LogP contribution >= 0.6 is 39.9 Å². The number of ether oxygens (including phenoxy) is 1. The van der Waals surface area contributed by atoms with Gasteiger partial charge in [-0.15, -0.1) is 0 Å². The minimum Gasteiger partial charge on any atom is -0.382 e. The monoisotopic (exact) mass is 468 g/mol. The molecule has 1 aromatic rings. The molecule has 2 amide bonds. The number of hydrogen-bond donors (Lipinski definition) is 0. The van der Waals surface area contributed by atoms with Crippen LogP contribution in [-0.2, 0) is 14.3 Å². The summed E-state index contributed by atoms with van der Waals surface area (Å²) in [6.45, 7) is 6.31. The molecule has 3 rings (SSSR count). The molecule has 0 atom stereocenters. The molecule has 1 fully saturated rings. The van der Waals surface area contributed by atoms with Crippen molar-refractivity contribution in [3.8, 4) is 0 Å². The van der Waals surface area contributed by atoms with Crippen molar-refractivity contribution in [2.24, 2.45) is 0 Å². The SMILES string of the molecule is CCCN1C(=O)C(=C2SC(=S)N(CCCOCC)C2=O)c2cc(Br)ccc21. The van der Waals surface area contributed by atoms with Gasteiger partial charge in [0.15, 0.2) is 0 Å². The van der Waals surface area contributed by atoms with Crippen LogP contribution in [0.15, 0.2) is 27.6 Å². The van der Waals surface area contributed by atoms with E-state index in [1.54, 1.807) is 9.80 Å². The van der Waals surface area contributed by atoms with E-state index < -0.39 is 0 Å². The Bertz CT molecular complexity index is 825. The fraction of sp³-hybridized carbons (Fsp3) is 0.421. The summed E-state index contributed by atoms with van der Waals surface area (Å²) in [4.78, 5) is 29.9. The number of thioether (sulfide) groups is 1. The lowest BCUT2D eigenvalue weighted by atomic mass is 10.1. The smallest absolute Gasteiger partial charge is 0.267 e. The van der Waals surface area contributed by atoms with Crippen LogP contribution in [0.2, 0.25) is 0 Å². The molecule has 5 nitrogen and oxygen atoms in total. The topological polar surface area (TPSA) is 49.9 Å². The predicted molar refractivity (Wildman–Crippen MR) is 117 cm³/mol. The third-order valence-electron chi connectivity index (χ3n) is 4.38. The first-order valence-corrected chi connectivity index (χ1v) is 11.0. The van der Waals surface area contributed by atoms with Gasteiger partial charge in [0.05, 0.1) is 16.2 Å². The molecule has 1 saturated heterocycles. The number of carbonyl (C=O) groups excluding carboxylic acids is 2. The Labute approximate surface area is 177 Å². The molecule has 0 saturated carbocycles. The quantitative estimate of drug-likeness (QED) is 0.340. The van der Waals surface area contributed by atoms with E-state index in [0.717, 1.165) is 22.1 Å². The molecule has 0 aliphatic carbocycles. The fourth-order valence-electron chi connectivity index (χ4n) is 3.18. The van der Waals surface area contributed by atoms with E-state index in [2.05, 4.69) is 15.9 Å². The second kappa shape index (κ2) is 8.86. The lowest BCUT2D eigenvalue weighted by molar-refractivity contribution is -0.122. The van der Waals surface area contributed by atoms with Crippen LogP contribution < -0.4 is 4.90 Å². The van der Waals surface area contributed by atoms with Crippen molar-refractivity contribution in [2.75, 3.05) is 31.2 Å². The molecule has 0 N–H and O–H groups in total. The zero-order valence-electron chi connectivity index (χ0n) is 15.3. The van der Waals surface area contributed by atoms with Crippen molar-refractivity contribution < 1.29 is 14.3 Å². The van der Waals surface area contributed by atoms with E-state index >= 15 is 0 Å². The summed E-state index contributed by atoms with van der Waals surface area (Å²) in [5.74, 6) is -0.311. The van der Waals surface area contributed by atoms with Crippen molar-refractivity contribution in [1.82, 2.24) is 4.90 Å². The van der Waals surface area contributed by atoms with Gasteiger partial charge >= 0.3 is 0 Å². The molecule has 2 heterocycles. The average Bonchev–Trinajstić information content (AvgIpc) is 3.06. The Morgan fingerprint density at radius 3 is 2.63 bits per heavy atom. The molecule has 0 radical (unpaired) electrons. The van der Waals surface area contributed by atoms with Crippen LogP contribution in [0.4, 0.5) is 5.69 Å². The van der Waals surface area contributed by atoms with Gasteiger partial charge in [-0.2, -0.15) is 0 Å². The summed E-state index contributed by atoms with van der Waals surface area (Å²) < 4.78 is 6.71. The van der Waals surface area contributed by atoms with Crippen LogP contribution in [0, 0.1) is 0 Å². The highest BCUT2D eigenvalue weighted by Gasteiger charge is 2.41. The summed E-state index contributed by atoms with van der Waals surface area (Å²) in [5.41, 5.74) is 2.10. The summed E-state index contributed by atoms with van der Waals surface area (Å²) in [5, 5.41) is 0. The van der Waals surface area contributed by atoms with E-state index in [4.69, 9.17) is 17.0 Å². The molecule has 1 aromatic carbocycles. The van der Waals surface area contributed by atoms with Gasteiger partial charge in [0, 0.05) is 36.3 Å². The fourth-order valence-corrected chi connectivity index (χ4v) is 4.92. The van der Waals surface area contributed by atoms with Crippen molar-refractivity contribution >= 4 is 67.3 Å². The van der Waals surface area contributed by atoms with Crippen molar-refractivity contribution in [3.63, 3.8) is 0 Å². The van der Waals surface area contributed by atoms with Gasteiger partial charge in [-0.05, 0) is 38.0 Å². The lowest BCUT2D eigenvalue weighted by Crippen LogP contribution is -2.31. The van der Waals surface area contributed by atoms with E-state index in [-0.39, 0.29) is 11.8 Å². The number of halogens is 1. The summed E-state index contributed by atoms with van der Waals surface area (Å²) >= 11 is 10.1. The van der Waals surface area contributed by atoms with Gasteiger partial charge in [-0.3, -0.25) is 14.5 Å². The molecular formula is C19H21BrN2O3S2. The van der Waals surface area contributed by atoms with Crippen LogP contribution in [0.1, 0.15) is 32.3 Å². The summed E-state index contributed by atoms with van der Waals surface area (Å²) in [6, 6.07) is 5.74. The third-order valence-corrected chi connectivity index (χ3v) is 6.32. The normalized spacial score (nSPS) is 19.4. The maximum absolute atomic E-state index is 13.1. The first-order chi connectivity index (χ1) is 13.0. The van der Waals surface area contributed by atoms with Gasteiger partial charge in [0.25, 0.3) is 11.8 Å². The Hall–Kier alpha value is -1.22. The Morgan fingerprint density at radius 1 is 1.15 bits per heavy atom. The highest BCUT2D eigenvalue weighted by molar-refractivity contribution is 9.10. The first kappa shape index (κ1) is 20.5. The van der Waals surface area contributed by atoms with E-state index in [1.165, 1.54) is 11.8 Å². The Kier molecular flexibility index (Phi) is 6.73. The first-order valence-electron chi connectivity index (χ1n) is 8.97. The van der Waals surface area contributed by atoms with Crippen molar-refractivity contribution in [3.05, 3.63) is 33.1 Å². The maximum Gasteiger partial charge on any atom is 0.267 e. The molecule has 144 valence electrons. The molecule has 2 aliphatic heterocycles. The van der Waals surface area contributed by atoms with Gasteiger partial charge in [-0.25, -0.2) is 0 Å². The van der Waals surface area contributed by atoms with Crippen molar-refractivity contribution in [2.45, 2.75) is 26.7 Å². The number of carbonyl (C=O) groups is 2. The van der Waals surface area contributed by atoms with Crippen LogP contribution in [0.3, 0.4) is 0 Å². The molecule has 0 bridgehead atoms. The van der Waals surface area contributed by atoms with Gasteiger partial charge in [0.1, 0.15) is 4.32 Å². The van der Waals surface area contributed by atoms with Crippen LogP contribution in [-0.4, -0.2) is 47.3 Å². The second-order valence-corrected chi connectivity index (χ2v) is 8.76. The minimum atomic E-state index is -0.186. The zero-order valence-corrected chi connectivity index (χ0v) is 18.5. The number of anilines is 1. The highest BCUT2D eigenvalue weighted by atomic mass is 79.9.